The number of halogens is 1. The summed E-state index contributed by atoms with van der Waals surface area (Å²) in [7, 11) is 3.04. The fraction of sp³-hybridized carbons (Fsp3) is 0.389. The van der Waals surface area contributed by atoms with E-state index in [0.717, 1.165) is 6.42 Å². The number of aromatic nitrogens is 2. The second kappa shape index (κ2) is 7.14. The summed E-state index contributed by atoms with van der Waals surface area (Å²) >= 11 is 0. The summed E-state index contributed by atoms with van der Waals surface area (Å²) in [5, 5.41) is 2.73. The molecule has 6 nitrogen and oxygen atoms in total. The van der Waals surface area contributed by atoms with E-state index in [2.05, 4.69) is 15.3 Å². The molecule has 2 aromatic rings. The molecule has 2 heterocycles. The predicted octanol–water partition coefficient (Wildman–Crippen LogP) is 1.86. The largest absolute Gasteiger partial charge is 0.494 e. The van der Waals surface area contributed by atoms with Gasteiger partial charge >= 0.3 is 0 Å². The van der Waals surface area contributed by atoms with Crippen LogP contribution < -0.4 is 10.1 Å². The van der Waals surface area contributed by atoms with Crippen LogP contribution in [0.1, 0.15) is 24.1 Å². The monoisotopic (exact) mass is 344 g/mol. The molecule has 0 bridgehead atoms. The number of benzene rings is 1. The van der Waals surface area contributed by atoms with Crippen molar-refractivity contribution in [3.05, 3.63) is 53.9 Å². The van der Waals surface area contributed by atoms with Crippen molar-refractivity contribution in [1.82, 2.24) is 20.2 Å². The minimum Gasteiger partial charge on any atom is -0.494 e. The zero-order chi connectivity index (χ0) is 17.9. The molecule has 1 aromatic carbocycles. The van der Waals surface area contributed by atoms with Gasteiger partial charge in [0.1, 0.15) is 5.54 Å². The van der Waals surface area contributed by atoms with Crippen molar-refractivity contribution < 1.29 is 13.9 Å². The Bertz CT molecular complexity index is 756. The molecule has 0 spiro atoms. The molecule has 132 valence electrons. The van der Waals surface area contributed by atoms with E-state index in [1.807, 2.05) is 4.90 Å². The number of hydrogen-bond acceptors (Lipinski definition) is 5. The fourth-order valence-corrected chi connectivity index (χ4v) is 3.51. The van der Waals surface area contributed by atoms with Crippen molar-refractivity contribution in [2.24, 2.45) is 0 Å². The zero-order valence-corrected chi connectivity index (χ0v) is 14.3. The van der Waals surface area contributed by atoms with Crippen molar-refractivity contribution in [1.29, 1.82) is 0 Å². The second-order valence-corrected chi connectivity index (χ2v) is 5.99. The highest BCUT2D eigenvalue weighted by molar-refractivity contribution is 5.87. The van der Waals surface area contributed by atoms with Crippen LogP contribution in [0.2, 0.25) is 0 Å². The van der Waals surface area contributed by atoms with Crippen LogP contribution in [0.3, 0.4) is 0 Å². The summed E-state index contributed by atoms with van der Waals surface area (Å²) in [6.07, 6.45) is 6.17. The lowest BCUT2D eigenvalue weighted by Crippen LogP contribution is -2.52. The first kappa shape index (κ1) is 17.3. The number of likely N-dealkylation sites (tertiary alicyclic amines) is 1. The van der Waals surface area contributed by atoms with Gasteiger partial charge in [-0.3, -0.25) is 19.7 Å². The van der Waals surface area contributed by atoms with Crippen LogP contribution >= 0.6 is 0 Å². The molecule has 1 N–H and O–H groups in total. The first-order valence-electron chi connectivity index (χ1n) is 8.18. The van der Waals surface area contributed by atoms with E-state index >= 15 is 0 Å². The van der Waals surface area contributed by atoms with Crippen LogP contribution in [-0.2, 0) is 16.9 Å². The summed E-state index contributed by atoms with van der Waals surface area (Å²) in [6.45, 7) is 0.952. The lowest BCUT2D eigenvalue weighted by Gasteiger charge is -2.36. The molecule has 1 aliphatic heterocycles. The number of methoxy groups -OCH3 is 1. The number of hydrogen-bond donors (Lipinski definition) is 1. The molecule has 1 amide bonds. The van der Waals surface area contributed by atoms with E-state index in [-0.39, 0.29) is 18.2 Å². The quantitative estimate of drug-likeness (QED) is 0.897. The van der Waals surface area contributed by atoms with Gasteiger partial charge in [-0.1, -0.05) is 12.1 Å². The summed E-state index contributed by atoms with van der Waals surface area (Å²) in [5.41, 5.74) is 0.118. The van der Waals surface area contributed by atoms with E-state index in [1.54, 1.807) is 43.8 Å². The summed E-state index contributed by atoms with van der Waals surface area (Å²) in [6, 6.07) is 5.04. The molecule has 1 fully saturated rings. The minimum atomic E-state index is -0.946. The highest BCUT2D eigenvalue weighted by Gasteiger charge is 2.49. The van der Waals surface area contributed by atoms with Gasteiger partial charge in [-0.15, -0.1) is 0 Å². The SMILES string of the molecule is CNC(=O)C1(c2cnccn2)CCCN1Cc1cccc(OC)c1F. The van der Waals surface area contributed by atoms with E-state index in [9.17, 15) is 9.18 Å². The van der Waals surface area contributed by atoms with E-state index in [4.69, 9.17) is 4.74 Å². The van der Waals surface area contributed by atoms with Crippen molar-refractivity contribution in [2.45, 2.75) is 24.9 Å². The molecular formula is C18H21FN4O2. The molecule has 1 aliphatic rings. The number of nitrogens with one attached hydrogen (secondary N) is 1. The first-order valence-corrected chi connectivity index (χ1v) is 8.18. The number of carbonyl (C=O) groups is 1. The Kier molecular flexibility index (Phi) is 4.94. The van der Waals surface area contributed by atoms with Crippen LogP contribution in [0.5, 0.6) is 5.75 Å². The summed E-state index contributed by atoms with van der Waals surface area (Å²) < 4.78 is 19.6. The highest BCUT2D eigenvalue weighted by atomic mass is 19.1. The molecule has 0 aliphatic carbocycles. The number of likely N-dealkylation sites (N-methyl/N-ethyl adjacent to an activating group) is 1. The molecule has 1 aromatic heterocycles. The van der Waals surface area contributed by atoms with Crippen LogP contribution in [-0.4, -0.2) is 41.5 Å². The van der Waals surface area contributed by atoms with Crippen molar-refractivity contribution in [3.8, 4) is 5.75 Å². The normalized spacial score (nSPS) is 20.4. The lowest BCUT2D eigenvalue weighted by molar-refractivity contribution is -0.132. The van der Waals surface area contributed by atoms with Gasteiger partial charge in [0.05, 0.1) is 19.0 Å². The average molecular weight is 344 g/mol. The first-order chi connectivity index (χ1) is 12.1. The van der Waals surface area contributed by atoms with Gasteiger partial charge in [-0.05, 0) is 25.5 Å². The topological polar surface area (TPSA) is 67.4 Å². The van der Waals surface area contributed by atoms with Gasteiger partial charge in [0, 0.05) is 31.5 Å². The third-order valence-electron chi connectivity index (χ3n) is 4.72. The smallest absolute Gasteiger partial charge is 0.246 e. The Hall–Kier alpha value is -2.54. The third kappa shape index (κ3) is 2.95. The van der Waals surface area contributed by atoms with E-state index in [1.165, 1.54) is 7.11 Å². The van der Waals surface area contributed by atoms with Crippen molar-refractivity contribution in [2.75, 3.05) is 20.7 Å². The molecule has 7 heteroatoms. The molecule has 1 atom stereocenters. The van der Waals surface area contributed by atoms with Crippen molar-refractivity contribution >= 4 is 5.91 Å². The number of ether oxygens (including phenoxy) is 1. The lowest BCUT2D eigenvalue weighted by atomic mass is 9.90. The highest BCUT2D eigenvalue weighted by Crippen LogP contribution is 2.39. The Morgan fingerprint density at radius 2 is 2.28 bits per heavy atom. The van der Waals surface area contributed by atoms with Gasteiger partial charge in [0.15, 0.2) is 11.6 Å². The van der Waals surface area contributed by atoms with Gasteiger partial charge in [-0.2, -0.15) is 0 Å². The average Bonchev–Trinajstić information content (AvgIpc) is 3.08. The van der Waals surface area contributed by atoms with Gasteiger partial charge in [-0.25, -0.2) is 4.39 Å². The third-order valence-corrected chi connectivity index (χ3v) is 4.72. The van der Waals surface area contributed by atoms with Gasteiger partial charge in [0.25, 0.3) is 0 Å². The van der Waals surface area contributed by atoms with Gasteiger partial charge in [0.2, 0.25) is 5.91 Å². The molecule has 0 radical (unpaired) electrons. The Balaban J connectivity index is 2.01. The Morgan fingerprint density at radius 3 is 2.96 bits per heavy atom. The number of amides is 1. The molecular weight excluding hydrogens is 323 g/mol. The van der Waals surface area contributed by atoms with E-state index in [0.29, 0.717) is 24.2 Å². The van der Waals surface area contributed by atoms with Crippen molar-refractivity contribution in [3.63, 3.8) is 0 Å². The Labute approximate surface area is 146 Å². The number of nitrogens with zero attached hydrogens (tertiary/aromatic N) is 3. The summed E-state index contributed by atoms with van der Waals surface area (Å²) in [5.74, 6) is -0.364. The molecule has 3 rings (SSSR count). The van der Waals surface area contributed by atoms with Crippen LogP contribution in [0.25, 0.3) is 0 Å². The molecule has 1 unspecified atom stereocenters. The maximum absolute atomic E-state index is 14.6. The maximum Gasteiger partial charge on any atom is 0.246 e. The predicted molar refractivity (Wildman–Crippen MR) is 90.4 cm³/mol. The van der Waals surface area contributed by atoms with E-state index < -0.39 is 11.4 Å². The fourth-order valence-electron chi connectivity index (χ4n) is 3.51. The molecule has 25 heavy (non-hydrogen) atoms. The second-order valence-electron chi connectivity index (χ2n) is 5.99. The zero-order valence-electron chi connectivity index (χ0n) is 14.3. The Morgan fingerprint density at radius 1 is 1.44 bits per heavy atom. The number of carbonyl (C=O) groups excluding carboxylic acids is 1. The molecule has 0 saturated carbocycles. The van der Waals surface area contributed by atoms with Gasteiger partial charge < -0.3 is 10.1 Å². The van der Waals surface area contributed by atoms with Crippen LogP contribution in [0.15, 0.2) is 36.8 Å². The van der Waals surface area contributed by atoms with Crippen LogP contribution in [0.4, 0.5) is 4.39 Å². The minimum absolute atomic E-state index is 0.159. The van der Waals surface area contributed by atoms with Crippen LogP contribution in [0, 0.1) is 5.82 Å². The standard InChI is InChI=1S/C18H21FN4O2/c1-20-17(24)18(15-11-21-8-9-22-15)7-4-10-23(18)12-13-5-3-6-14(25-2)16(13)19/h3,5-6,8-9,11H,4,7,10,12H2,1-2H3,(H,20,24). The maximum atomic E-state index is 14.6. The molecule has 1 saturated heterocycles. The summed E-state index contributed by atoms with van der Waals surface area (Å²) in [4.78, 5) is 23.3. The number of rotatable bonds is 5.